The van der Waals surface area contributed by atoms with Crippen molar-refractivity contribution in [2.75, 3.05) is 5.33 Å². The lowest BCUT2D eigenvalue weighted by atomic mass is 10.1. The molecular formula is C15H24BrN. The zero-order chi connectivity index (χ0) is 12.8. The summed E-state index contributed by atoms with van der Waals surface area (Å²) in [5.41, 5.74) is 1.11. The molecule has 0 bridgehead atoms. The average molecular weight is 298 g/mol. The van der Waals surface area contributed by atoms with Gasteiger partial charge in [0, 0.05) is 17.7 Å². The lowest BCUT2D eigenvalue weighted by Crippen LogP contribution is -1.78. The maximum Gasteiger partial charge on any atom is 0.0273 e. The number of halogens is 1. The third-order valence-electron chi connectivity index (χ3n) is 2.43. The maximum atomic E-state index is 3.85. The summed E-state index contributed by atoms with van der Waals surface area (Å²) in [6.07, 6.45) is 13.7. The van der Waals surface area contributed by atoms with Gasteiger partial charge in [0.25, 0.3) is 0 Å². The number of alkyl halides is 1. The highest BCUT2D eigenvalue weighted by Gasteiger charge is 1.86. The van der Waals surface area contributed by atoms with E-state index in [9.17, 15) is 0 Å². The van der Waals surface area contributed by atoms with Crippen molar-refractivity contribution >= 4 is 22.0 Å². The second-order valence-corrected chi connectivity index (χ2v) is 4.73. The van der Waals surface area contributed by atoms with E-state index in [4.69, 9.17) is 0 Å². The van der Waals surface area contributed by atoms with E-state index in [-0.39, 0.29) is 0 Å². The SMILES string of the molecule is C=Cc1ccncc1.CCCCCCCCBr. The largest absolute Gasteiger partial charge is 0.265 e. The highest BCUT2D eigenvalue weighted by Crippen LogP contribution is 2.05. The Balaban J connectivity index is 0.000000302. The topological polar surface area (TPSA) is 12.9 Å². The predicted molar refractivity (Wildman–Crippen MR) is 81.5 cm³/mol. The summed E-state index contributed by atoms with van der Waals surface area (Å²) < 4.78 is 0. The smallest absolute Gasteiger partial charge is 0.0273 e. The molecule has 0 aliphatic heterocycles. The molecule has 1 nitrogen and oxygen atoms in total. The molecule has 0 aliphatic rings. The van der Waals surface area contributed by atoms with Crippen LogP contribution in [-0.2, 0) is 0 Å². The van der Waals surface area contributed by atoms with Gasteiger partial charge in [-0.25, -0.2) is 0 Å². The van der Waals surface area contributed by atoms with Crippen molar-refractivity contribution in [1.82, 2.24) is 4.98 Å². The second-order valence-electron chi connectivity index (χ2n) is 3.94. The van der Waals surface area contributed by atoms with E-state index in [1.165, 1.54) is 43.9 Å². The van der Waals surface area contributed by atoms with E-state index < -0.39 is 0 Å². The zero-order valence-corrected chi connectivity index (χ0v) is 12.5. The minimum absolute atomic E-state index is 1.11. The molecule has 17 heavy (non-hydrogen) atoms. The fourth-order valence-electron chi connectivity index (χ4n) is 1.37. The van der Waals surface area contributed by atoms with Crippen molar-refractivity contribution in [2.45, 2.75) is 45.4 Å². The molecular weight excluding hydrogens is 274 g/mol. The summed E-state index contributed by atoms with van der Waals surface area (Å²) in [4.78, 5) is 3.85. The van der Waals surface area contributed by atoms with Crippen molar-refractivity contribution in [2.24, 2.45) is 0 Å². The monoisotopic (exact) mass is 297 g/mol. The van der Waals surface area contributed by atoms with Gasteiger partial charge in [-0.15, -0.1) is 0 Å². The molecule has 2 heteroatoms. The Hall–Kier alpha value is -0.630. The Kier molecular flexibility index (Phi) is 12.9. The van der Waals surface area contributed by atoms with Gasteiger partial charge in [-0.3, -0.25) is 4.98 Å². The summed E-state index contributed by atoms with van der Waals surface area (Å²) in [7, 11) is 0. The number of aromatic nitrogens is 1. The molecule has 0 aromatic carbocycles. The lowest BCUT2D eigenvalue weighted by molar-refractivity contribution is 0.628. The number of hydrogen-bond acceptors (Lipinski definition) is 1. The van der Waals surface area contributed by atoms with Crippen LogP contribution in [0.3, 0.4) is 0 Å². The first-order valence-electron chi connectivity index (χ1n) is 6.43. The Morgan fingerprint density at radius 2 is 1.71 bits per heavy atom. The lowest BCUT2D eigenvalue weighted by Gasteiger charge is -1.95. The number of hydrogen-bond donors (Lipinski definition) is 0. The van der Waals surface area contributed by atoms with E-state index in [0.29, 0.717) is 0 Å². The molecule has 1 aromatic heterocycles. The standard InChI is InChI=1S/C8H17Br.C7H7N/c1-2-3-4-5-6-7-8-9;1-2-7-3-5-8-6-4-7/h2-8H2,1H3;2-6H,1H2. The van der Waals surface area contributed by atoms with E-state index in [1.807, 2.05) is 12.1 Å². The van der Waals surface area contributed by atoms with E-state index in [2.05, 4.69) is 34.4 Å². The molecule has 0 atom stereocenters. The molecule has 0 amide bonds. The van der Waals surface area contributed by atoms with Crippen LogP contribution in [0.15, 0.2) is 31.1 Å². The second kappa shape index (κ2) is 13.4. The Morgan fingerprint density at radius 1 is 1.12 bits per heavy atom. The highest BCUT2D eigenvalue weighted by atomic mass is 79.9. The van der Waals surface area contributed by atoms with Crippen LogP contribution in [0.5, 0.6) is 0 Å². The molecule has 0 spiro atoms. The van der Waals surface area contributed by atoms with Gasteiger partial charge in [0.1, 0.15) is 0 Å². The molecule has 0 unspecified atom stereocenters. The molecule has 0 saturated heterocycles. The number of unbranched alkanes of at least 4 members (excludes halogenated alkanes) is 5. The quantitative estimate of drug-likeness (QED) is 0.480. The Morgan fingerprint density at radius 3 is 2.18 bits per heavy atom. The fourth-order valence-corrected chi connectivity index (χ4v) is 1.77. The third-order valence-corrected chi connectivity index (χ3v) is 2.99. The summed E-state index contributed by atoms with van der Waals surface area (Å²) in [6, 6.07) is 3.82. The average Bonchev–Trinajstić information content (AvgIpc) is 2.40. The summed E-state index contributed by atoms with van der Waals surface area (Å²) >= 11 is 3.42. The Bertz CT molecular complexity index is 253. The van der Waals surface area contributed by atoms with Crippen molar-refractivity contribution in [3.05, 3.63) is 36.7 Å². The first-order chi connectivity index (χ1) is 8.35. The molecule has 0 aliphatic carbocycles. The fraction of sp³-hybridized carbons (Fsp3) is 0.533. The van der Waals surface area contributed by atoms with Gasteiger partial charge in [0.05, 0.1) is 0 Å². The van der Waals surface area contributed by atoms with Crippen molar-refractivity contribution in [1.29, 1.82) is 0 Å². The van der Waals surface area contributed by atoms with Crippen molar-refractivity contribution in [3.63, 3.8) is 0 Å². The van der Waals surface area contributed by atoms with Gasteiger partial charge >= 0.3 is 0 Å². The Labute approximate surface area is 114 Å². The van der Waals surface area contributed by atoms with Crippen LogP contribution < -0.4 is 0 Å². The number of pyridine rings is 1. The van der Waals surface area contributed by atoms with Gasteiger partial charge in [-0.2, -0.15) is 0 Å². The highest BCUT2D eigenvalue weighted by molar-refractivity contribution is 9.09. The molecule has 1 heterocycles. The zero-order valence-electron chi connectivity index (χ0n) is 10.9. The normalized spacial score (nSPS) is 9.29. The first-order valence-corrected chi connectivity index (χ1v) is 7.55. The maximum absolute atomic E-state index is 3.85. The minimum atomic E-state index is 1.11. The number of nitrogens with zero attached hydrogens (tertiary/aromatic N) is 1. The van der Waals surface area contributed by atoms with Crippen LogP contribution >= 0.6 is 15.9 Å². The third kappa shape index (κ3) is 11.6. The van der Waals surface area contributed by atoms with Crippen LogP contribution in [0.25, 0.3) is 6.08 Å². The number of rotatable bonds is 7. The molecule has 0 fully saturated rings. The molecule has 0 saturated carbocycles. The molecule has 0 radical (unpaired) electrons. The van der Waals surface area contributed by atoms with Gasteiger partial charge < -0.3 is 0 Å². The first kappa shape index (κ1) is 16.4. The van der Waals surface area contributed by atoms with E-state index in [1.54, 1.807) is 18.5 Å². The summed E-state index contributed by atoms with van der Waals surface area (Å²) in [6.45, 7) is 5.86. The van der Waals surface area contributed by atoms with Crippen LogP contribution in [0, 0.1) is 0 Å². The summed E-state index contributed by atoms with van der Waals surface area (Å²) in [5, 5.41) is 1.18. The molecule has 1 aromatic rings. The van der Waals surface area contributed by atoms with E-state index >= 15 is 0 Å². The minimum Gasteiger partial charge on any atom is -0.265 e. The van der Waals surface area contributed by atoms with Crippen LogP contribution in [-0.4, -0.2) is 10.3 Å². The summed E-state index contributed by atoms with van der Waals surface area (Å²) in [5.74, 6) is 0. The van der Waals surface area contributed by atoms with Crippen LogP contribution in [0.2, 0.25) is 0 Å². The van der Waals surface area contributed by atoms with Crippen molar-refractivity contribution < 1.29 is 0 Å². The molecule has 1 rings (SSSR count). The molecule has 0 N–H and O–H groups in total. The van der Waals surface area contributed by atoms with Gasteiger partial charge in [0.15, 0.2) is 0 Å². The van der Waals surface area contributed by atoms with Crippen LogP contribution in [0.4, 0.5) is 0 Å². The van der Waals surface area contributed by atoms with Gasteiger partial charge in [-0.1, -0.05) is 67.6 Å². The van der Waals surface area contributed by atoms with E-state index in [0.717, 1.165) is 5.56 Å². The van der Waals surface area contributed by atoms with Crippen molar-refractivity contribution in [3.8, 4) is 0 Å². The van der Waals surface area contributed by atoms with Gasteiger partial charge in [-0.05, 0) is 24.1 Å². The molecule has 96 valence electrons. The van der Waals surface area contributed by atoms with Crippen LogP contribution in [0.1, 0.15) is 51.0 Å². The van der Waals surface area contributed by atoms with Gasteiger partial charge in [0.2, 0.25) is 0 Å². The predicted octanol–water partition coefficient (Wildman–Crippen LogP) is 5.47.